The van der Waals surface area contributed by atoms with Crippen molar-refractivity contribution in [2.45, 2.75) is 82.6 Å². The molecule has 7 heteroatoms. The van der Waals surface area contributed by atoms with E-state index in [-0.39, 0.29) is 18.1 Å². The van der Waals surface area contributed by atoms with Gasteiger partial charge in [0.05, 0.1) is 12.2 Å². The van der Waals surface area contributed by atoms with Crippen LogP contribution < -0.4 is 0 Å². The minimum Gasteiger partial charge on any atom is -0.390 e. The van der Waals surface area contributed by atoms with E-state index in [4.69, 9.17) is 9.47 Å². The third-order valence-electron chi connectivity index (χ3n) is 9.19. The van der Waals surface area contributed by atoms with E-state index < -0.39 is 58.4 Å². The largest absolute Gasteiger partial charge is 0.390 e. The van der Waals surface area contributed by atoms with E-state index >= 15 is 4.39 Å². The summed E-state index contributed by atoms with van der Waals surface area (Å²) in [6.07, 6.45) is 4.00. The van der Waals surface area contributed by atoms with Crippen LogP contribution in [0.25, 0.3) is 0 Å². The van der Waals surface area contributed by atoms with Crippen molar-refractivity contribution >= 4 is 11.6 Å². The summed E-state index contributed by atoms with van der Waals surface area (Å²) in [5.74, 6) is -2.46. The summed E-state index contributed by atoms with van der Waals surface area (Å²) < 4.78 is 29.5. The molecule has 1 aliphatic heterocycles. The predicted molar refractivity (Wildman–Crippen MR) is 109 cm³/mol. The molecule has 1 heterocycles. The van der Waals surface area contributed by atoms with Crippen LogP contribution in [-0.4, -0.2) is 57.7 Å². The number of alkyl halides is 1. The highest BCUT2D eigenvalue weighted by Crippen LogP contribution is 2.72. The molecule has 0 aromatic heterocycles. The second-order valence-electron chi connectivity index (χ2n) is 10.9. The van der Waals surface area contributed by atoms with Gasteiger partial charge < -0.3 is 19.7 Å². The number of aliphatic hydroxyl groups is 2. The van der Waals surface area contributed by atoms with Crippen molar-refractivity contribution in [2.24, 2.45) is 22.7 Å². The molecule has 5 aliphatic rings. The zero-order valence-electron chi connectivity index (χ0n) is 18.5. The average Bonchev–Trinajstić information content (AvgIpc) is 3.09. The molecule has 4 fully saturated rings. The van der Waals surface area contributed by atoms with Crippen molar-refractivity contribution < 1.29 is 33.7 Å². The molecule has 1 saturated heterocycles. The van der Waals surface area contributed by atoms with E-state index in [1.807, 2.05) is 6.92 Å². The SMILES string of the molecule is CC1(C)OC2C[C@H]3[C@@H]4CCC5=CC(=O)C=C[C@]5(C)[C@@]4(F)[C@@H](O)C[C@]3(C)C2(C(=O)CO)O1. The minimum atomic E-state index is -1.98. The molecule has 4 aliphatic carbocycles. The van der Waals surface area contributed by atoms with E-state index in [0.717, 1.165) is 5.57 Å². The number of carbonyl (C=O) groups is 2. The van der Waals surface area contributed by atoms with Gasteiger partial charge in [-0.2, -0.15) is 0 Å². The molecule has 0 radical (unpaired) electrons. The number of Topliss-reactive ketones (excluding diaryl/α,β-unsaturated/α-hetero) is 1. The van der Waals surface area contributed by atoms with Crippen LogP contribution >= 0.6 is 0 Å². The molecule has 0 amide bonds. The van der Waals surface area contributed by atoms with Crippen molar-refractivity contribution in [2.75, 3.05) is 6.61 Å². The second kappa shape index (κ2) is 6.13. The fraction of sp³-hybridized carbons (Fsp3) is 0.750. The van der Waals surface area contributed by atoms with Crippen molar-refractivity contribution in [1.29, 1.82) is 0 Å². The number of fused-ring (bicyclic) bond motifs is 7. The number of allylic oxidation sites excluding steroid dienone is 4. The first kappa shape index (κ1) is 21.4. The van der Waals surface area contributed by atoms with E-state index in [1.165, 1.54) is 12.2 Å². The number of ketones is 2. The maximum absolute atomic E-state index is 17.1. The van der Waals surface area contributed by atoms with Crippen LogP contribution in [0.3, 0.4) is 0 Å². The van der Waals surface area contributed by atoms with Gasteiger partial charge in [0.1, 0.15) is 6.61 Å². The van der Waals surface area contributed by atoms with Gasteiger partial charge in [-0.1, -0.05) is 18.6 Å². The number of ether oxygens (including phenoxy) is 2. The van der Waals surface area contributed by atoms with Crippen molar-refractivity contribution in [1.82, 2.24) is 0 Å². The van der Waals surface area contributed by atoms with Crippen LogP contribution in [0.2, 0.25) is 0 Å². The molecule has 0 aromatic rings. The lowest BCUT2D eigenvalue weighted by atomic mass is 9.44. The fourth-order valence-electron chi connectivity index (χ4n) is 7.93. The maximum Gasteiger partial charge on any atom is 0.193 e. The Balaban J connectivity index is 1.64. The zero-order chi connectivity index (χ0) is 22.6. The Morgan fingerprint density at radius 2 is 1.97 bits per heavy atom. The van der Waals surface area contributed by atoms with Crippen LogP contribution in [0.5, 0.6) is 0 Å². The predicted octanol–water partition coefficient (Wildman–Crippen LogP) is 2.42. The second-order valence-corrected chi connectivity index (χ2v) is 10.9. The van der Waals surface area contributed by atoms with Gasteiger partial charge in [0.15, 0.2) is 28.6 Å². The molecular weight excluding hydrogens is 403 g/mol. The first-order valence-corrected chi connectivity index (χ1v) is 11.2. The number of hydrogen-bond acceptors (Lipinski definition) is 6. The van der Waals surface area contributed by atoms with Gasteiger partial charge >= 0.3 is 0 Å². The number of halogens is 1. The van der Waals surface area contributed by atoms with Crippen molar-refractivity contribution in [3.05, 3.63) is 23.8 Å². The van der Waals surface area contributed by atoms with Gasteiger partial charge in [0, 0.05) is 16.7 Å². The lowest BCUT2D eigenvalue weighted by molar-refractivity contribution is -0.246. The van der Waals surface area contributed by atoms with Gasteiger partial charge in [0.2, 0.25) is 0 Å². The molecule has 6 nitrogen and oxygen atoms in total. The Kier molecular flexibility index (Phi) is 4.24. The summed E-state index contributed by atoms with van der Waals surface area (Å²) in [5.41, 5.74) is -4.66. The van der Waals surface area contributed by atoms with Gasteiger partial charge in [-0.15, -0.1) is 0 Å². The monoisotopic (exact) mass is 434 g/mol. The zero-order valence-corrected chi connectivity index (χ0v) is 18.5. The van der Waals surface area contributed by atoms with Crippen molar-refractivity contribution in [3.63, 3.8) is 0 Å². The van der Waals surface area contributed by atoms with E-state index in [9.17, 15) is 19.8 Å². The third-order valence-corrected chi connectivity index (χ3v) is 9.19. The standard InChI is InChI=1S/C24H31FO6/c1-20(2)30-19-10-16-15-6-5-13-9-14(27)7-8-21(13,3)23(15,25)17(28)11-22(16,4)24(19,31-20)18(29)12-26/h7-9,15-17,19,26,28H,5-6,10-12H2,1-4H3/t15-,16-,17-,19?,21-,22-,23-,24?/m0/s1. The summed E-state index contributed by atoms with van der Waals surface area (Å²) >= 11 is 0. The highest BCUT2D eigenvalue weighted by atomic mass is 19.1. The van der Waals surface area contributed by atoms with E-state index in [0.29, 0.717) is 19.3 Å². The lowest BCUT2D eigenvalue weighted by Crippen LogP contribution is -2.70. The number of hydrogen-bond donors (Lipinski definition) is 2. The summed E-state index contributed by atoms with van der Waals surface area (Å²) in [6.45, 7) is 6.41. The van der Waals surface area contributed by atoms with Gasteiger partial charge in [-0.3, -0.25) is 9.59 Å². The van der Waals surface area contributed by atoms with Gasteiger partial charge in [-0.25, -0.2) is 4.39 Å². The smallest absolute Gasteiger partial charge is 0.193 e. The summed E-state index contributed by atoms with van der Waals surface area (Å²) in [4.78, 5) is 25.1. The van der Waals surface area contributed by atoms with Gasteiger partial charge in [0.25, 0.3) is 0 Å². The Morgan fingerprint density at radius 1 is 1.26 bits per heavy atom. The van der Waals surface area contributed by atoms with Crippen LogP contribution in [0.1, 0.15) is 53.4 Å². The fourth-order valence-corrected chi connectivity index (χ4v) is 7.93. The molecule has 2 unspecified atom stereocenters. The molecular formula is C24H31FO6. The Morgan fingerprint density at radius 3 is 2.65 bits per heavy atom. The molecule has 3 saturated carbocycles. The highest BCUT2D eigenvalue weighted by molar-refractivity contribution is 6.01. The number of rotatable bonds is 2. The third kappa shape index (κ3) is 2.31. The summed E-state index contributed by atoms with van der Waals surface area (Å²) in [7, 11) is 0. The molecule has 0 aromatic carbocycles. The molecule has 31 heavy (non-hydrogen) atoms. The molecule has 0 spiro atoms. The first-order chi connectivity index (χ1) is 14.4. The lowest BCUT2D eigenvalue weighted by Gasteiger charge is -2.62. The first-order valence-electron chi connectivity index (χ1n) is 11.2. The molecule has 5 rings (SSSR count). The van der Waals surface area contributed by atoms with Gasteiger partial charge in [-0.05, 0) is 64.5 Å². The Hall–Kier alpha value is -1.41. The molecule has 0 bridgehead atoms. The summed E-state index contributed by atoms with van der Waals surface area (Å²) in [5, 5.41) is 21.2. The highest BCUT2D eigenvalue weighted by Gasteiger charge is 2.79. The minimum absolute atomic E-state index is 0.0109. The molecule has 2 N–H and O–H groups in total. The normalized spacial score (nSPS) is 52.1. The van der Waals surface area contributed by atoms with Crippen LogP contribution in [-0.2, 0) is 19.1 Å². The number of aliphatic hydroxyl groups excluding tert-OH is 2. The average molecular weight is 435 g/mol. The number of carbonyl (C=O) groups excluding carboxylic acids is 2. The van der Waals surface area contributed by atoms with Crippen LogP contribution in [0.15, 0.2) is 23.8 Å². The molecule has 170 valence electrons. The molecule has 8 atom stereocenters. The topological polar surface area (TPSA) is 93.1 Å². The van der Waals surface area contributed by atoms with E-state index in [2.05, 4.69) is 0 Å². The Labute approximate surface area is 181 Å². The van der Waals surface area contributed by atoms with Crippen LogP contribution in [0, 0.1) is 22.7 Å². The van der Waals surface area contributed by atoms with Crippen LogP contribution in [0.4, 0.5) is 4.39 Å². The summed E-state index contributed by atoms with van der Waals surface area (Å²) in [6, 6.07) is 0. The van der Waals surface area contributed by atoms with Crippen molar-refractivity contribution in [3.8, 4) is 0 Å². The Bertz CT molecular complexity index is 925. The van der Waals surface area contributed by atoms with E-state index in [1.54, 1.807) is 26.8 Å². The quantitative estimate of drug-likeness (QED) is 0.694. The maximum atomic E-state index is 17.1.